The molecule has 0 bridgehead atoms. The maximum absolute atomic E-state index is 10.8. The van der Waals surface area contributed by atoms with Gasteiger partial charge in [0.1, 0.15) is 0 Å². The first-order valence-electron chi connectivity index (χ1n) is 5.44. The SMILES string of the molecule is CC1(C)CCC(CN)(C(O)C(=O)O)CC1. The quantitative estimate of drug-likeness (QED) is 0.655. The summed E-state index contributed by atoms with van der Waals surface area (Å²) in [7, 11) is 0. The van der Waals surface area contributed by atoms with E-state index < -0.39 is 17.5 Å². The highest BCUT2D eigenvalue weighted by atomic mass is 16.4. The van der Waals surface area contributed by atoms with Crippen molar-refractivity contribution in [3.63, 3.8) is 0 Å². The van der Waals surface area contributed by atoms with Gasteiger partial charge in [-0.3, -0.25) is 0 Å². The molecule has 4 nitrogen and oxygen atoms in total. The molecule has 4 heteroatoms. The molecule has 0 heterocycles. The maximum Gasteiger partial charge on any atom is 0.333 e. The molecule has 4 N–H and O–H groups in total. The molecule has 1 rings (SSSR count). The van der Waals surface area contributed by atoms with Crippen molar-refractivity contribution in [3.05, 3.63) is 0 Å². The zero-order valence-corrected chi connectivity index (χ0v) is 9.49. The molecule has 0 aromatic carbocycles. The Morgan fingerprint density at radius 2 is 1.80 bits per heavy atom. The number of rotatable bonds is 3. The number of nitrogens with two attached hydrogens (primary N) is 1. The van der Waals surface area contributed by atoms with Gasteiger partial charge in [-0.1, -0.05) is 13.8 Å². The number of aliphatic hydroxyl groups is 1. The number of aliphatic carboxylic acids is 1. The number of carboxylic acid groups (broad SMARTS) is 1. The minimum absolute atomic E-state index is 0.247. The van der Waals surface area contributed by atoms with Crippen LogP contribution in [0.4, 0.5) is 0 Å². The molecule has 0 aromatic heterocycles. The minimum Gasteiger partial charge on any atom is -0.479 e. The van der Waals surface area contributed by atoms with Gasteiger partial charge in [-0.2, -0.15) is 0 Å². The highest BCUT2D eigenvalue weighted by Crippen LogP contribution is 2.46. The fourth-order valence-electron chi connectivity index (χ4n) is 2.28. The summed E-state index contributed by atoms with van der Waals surface area (Å²) in [6, 6.07) is 0. The van der Waals surface area contributed by atoms with Gasteiger partial charge in [-0.05, 0) is 31.1 Å². The lowest BCUT2D eigenvalue weighted by Gasteiger charge is -2.44. The molecule has 0 spiro atoms. The van der Waals surface area contributed by atoms with Crippen LogP contribution in [0.5, 0.6) is 0 Å². The van der Waals surface area contributed by atoms with Crippen LogP contribution < -0.4 is 5.73 Å². The summed E-state index contributed by atoms with van der Waals surface area (Å²) in [5.41, 5.74) is 5.28. The van der Waals surface area contributed by atoms with Gasteiger partial charge in [0.15, 0.2) is 6.10 Å². The van der Waals surface area contributed by atoms with E-state index in [-0.39, 0.29) is 12.0 Å². The third-order valence-electron chi connectivity index (χ3n) is 3.82. The Hall–Kier alpha value is -0.610. The van der Waals surface area contributed by atoms with Gasteiger partial charge in [-0.25, -0.2) is 4.79 Å². The predicted octanol–water partition coefficient (Wildman–Crippen LogP) is 0.977. The molecule has 15 heavy (non-hydrogen) atoms. The fraction of sp³-hybridized carbons (Fsp3) is 0.909. The van der Waals surface area contributed by atoms with Crippen molar-refractivity contribution in [2.24, 2.45) is 16.6 Å². The van der Waals surface area contributed by atoms with E-state index in [9.17, 15) is 9.90 Å². The van der Waals surface area contributed by atoms with Crippen LogP contribution in [0, 0.1) is 10.8 Å². The molecule has 0 aromatic rings. The van der Waals surface area contributed by atoms with Crippen molar-refractivity contribution in [3.8, 4) is 0 Å². The van der Waals surface area contributed by atoms with Gasteiger partial charge in [0.05, 0.1) is 0 Å². The lowest BCUT2D eigenvalue weighted by molar-refractivity contribution is -0.157. The summed E-state index contributed by atoms with van der Waals surface area (Å²) in [4.78, 5) is 10.8. The van der Waals surface area contributed by atoms with E-state index in [0.717, 1.165) is 12.8 Å². The van der Waals surface area contributed by atoms with Gasteiger partial charge < -0.3 is 15.9 Å². The number of carboxylic acids is 1. The third kappa shape index (κ3) is 2.49. The van der Waals surface area contributed by atoms with Gasteiger partial charge in [0.2, 0.25) is 0 Å². The second-order valence-electron chi connectivity index (χ2n) is 5.47. The van der Waals surface area contributed by atoms with Crippen molar-refractivity contribution in [2.75, 3.05) is 6.54 Å². The molecule has 1 unspecified atom stereocenters. The molecule has 0 aliphatic heterocycles. The van der Waals surface area contributed by atoms with Gasteiger partial charge in [-0.15, -0.1) is 0 Å². The van der Waals surface area contributed by atoms with Crippen LogP contribution >= 0.6 is 0 Å². The summed E-state index contributed by atoms with van der Waals surface area (Å²) in [6.45, 7) is 4.58. The van der Waals surface area contributed by atoms with Gasteiger partial charge in [0.25, 0.3) is 0 Å². The lowest BCUT2D eigenvalue weighted by atomic mass is 9.63. The minimum atomic E-state index is -1.32. The second-order valence-corrected chi connectivity index (χ2v) is 5.47. The normalized spacial score (nSPS) is 25.9. The Morgan fingerprint density at radius 3 is 2.13 bits per heavy atom. The van der Waals surface area contributed by atoms with E-state index in [1.54, 1.807) is 0 Å². The Balaban J connectivity index is 2.76. The third-order valence-corrected chi connectivity index (χ3v) is 3.82. The van der Waals surface area contributed by atoms with E-state index in [0.29, 0.717) is 12.8 Å². The lowest BCUT2D eigenvalue weighted by Crippen LogP contribution is -2.49. The van der Waals surface area contributed by atoms with Crippen LogP contribution in [0.3, 0.4) is 0 Å². The molecule has 1 fully saturated rings. The molecule has 1 aliphatic carbocycles. The first-order chi connectivity index (χ1) is 6.83. The second kappa shape index (κ2) is 4.10. The molecule has 1 atom stereocenters. The van der Waals surface area contributed by atoms with Crippen LogP contribution in [0.15, 0.2) is 0 Å². The van der Waals surface area contributed by atoms with Crippen LogP contribution in [0.25, 0.3) is 0 Å². The monoisotopic (exact) mass is 215 g/mol. The summed E-state index contributed by atoms with van der Waals surface area (Å²) in [6.07, 6.45) is 1.93. The van der Waals surface area contributed by atoms with E-state index in [1.165, 1.54) is 0 Å². The van der Waals surface area contributed by atoms with Crippen LogP contribution in [0.1, 0.15) is 39.5 Å². The Morgan fingerprint density at radius 1 is 1.33 bits per heavy atom. The van der Waals surface area contributed by atoms with Gasteiger partial charge in [0, 0.05) is 12.0 Å². The summed E-state index contributed by atoms with van der Waals surface area (Å²) in [5, 5.41) is 18.5. The smallest absolute Gasteiger partial charge is 0.333 e. The largest absolute Gasteiger partial charge is 0.479 e. The Kier molecular flexibility index (Phi) is 3.41. The maximum atomic E-state index is 10.8. The Bertz CT molecular complexity index is 240. The van der Waals surface area contributed by atoms with E-state index in [1.807, 2.05) is 0 Å². The van der Waals surface area contributed by atoms with Crippen molar-refractivity contribution < 1.29 is 15.0 Å². The molecule has 88 valence electrons. The van der Waals surface area contributed by atoms with Crippen LogP contribution in [0.2, 0.25) is 0 Å². The zero-order chi connectivity index (χ0) is 11.7. The van der Waals surface area contributed by atoms with E-state index in [4.69, 9.17) is 10.8 Å². The van der Waals surface area contributed by atoms with E-state index in [2.05, 4.69) is 13.8 Å². The zero-order valence-electron chi connectivity index (χ0n) is 9.49. The number of carbonyl (C=O) groups is 1. The van der Waals surface area contributed by atoms with Gasteiger partial charge >= 0.3 is 5.97 Å². The fourth-order valence-corrected chi connectivity index (χ4v) is 2.28. The molecule has 1 saturated carbocycles. The molecule has 1 aliphatic rings. The molecule has 0 radical (unpaired) electrons. The number of hydrogen-bond donors (Lipinski definition) is 3. The first kappa shape index (κ1) is 12.5. The van der Waals surface area contributed by atoms with E-state index >= 15 is 0 Å². The van der Waals surface area contributed by atoms with Crippen molar-refractivity contribution in [1.29, 1.82) is 0 Å². The van der Waals surface area contributed by atoms with Crippen LogP contribution in [-0.2, 0) is 4.79 Å². The highest BCUT2D eigenvalue weighted by Gasteiger charge is 2.45. The van der Waals surface area contributed by atoms with Crippen molar-refractivity contribution in [1.82, 2.24) is 0 Å². The summed E-state index contributed by atoms with van der Waals surface area (Å²) >= 11 is 0. The first-order valence-corrected chi connectivity index (χ1v) is 5.44. The van der Waals surface area contributed by atoms with Crippen molar-refractivity contribution in [2.45, 2.75) is 45.6 Å². The van der Waals surface area contributed by atoms with Crippen LogP contribution in [-0.4, -0.2) is 28.8 Å². The predicted molar refractivity (Wildman–Crippen MR) is 57.4 cm³/mol. The average molecular weight is 215 g/mol. The van der Waals surface area contributed by atoms with Crippen molar-refractivity contribution >= 4 is 5.97 Å². The molecule has 0 saturated heterocycles. The highest BCUT2D eigenvalue weighted by molar-refractivity contribution is 5.73. The standard InChI is InChI=1S/C11H21NO3/c1-10(2)3-5-11(7-12,6-4-10)8(13)9(14)15/h8,13H,3-7,12H2,1-2H3,(H,14,15). The summed E-state index contributed by atoms with van der Waals surface area (Å²) in [5.74, 6) is -1.15. The average Bonchev–Trinajstić information content (AvgIpc) is 2.18. The number of aliphatic hydroxyl groups excluding tert-OH is 1. The molecular weight excluding hydrogens is 194 g/mol. The summed E-state index contributed by atoms with van der Waals surface area (Å²) < 4.78 is 0. The topological polar surface area (TPSA) is 83.5 Å². The molecule has 0 amide bonds. The Labute approximate surface area is 90.5 Å². The number of hydrogen-bond acceptors (Lipinski definition) is 3. The molecular formula is C11H21NO3.